The normalized spacial score (nSPS) is 20.2. The molecule has 37 heavy (non-hydrogen) atoms. The van der Waals surface area contributed by atoms with Crippen LogP contribution < -0.4 is 24.6 Å². The number of aromatic nitrogens is 2. The molecule has 0 spiro atoms. The van der Waals surface area contributed by atoms with E-state index in [1.807, 2.05) is 30.5 Å². The van der Waals surface area contributed by atoms with E-state index in [2.05, 4.69) is 25.1 Å². The van der Waals surface area contributed by atoms with Crippen LogP contribution >= 0.6 is 0 Å². The molecule has 3 aliphatic rings. The van der Waals surface area contributed by atoms with Gasteiger partial charge in [-0.2, -0.15) is 0 Å². The van der Waals surface area contributed by atoms with Crippen molar-refractivity contribution in [2.75, 3.05) is 68.1 Å². The molecule has 0 bridgehead atoms. The number of hydrogen-bond donors (Lipinski definition) is 1. The fourth-order valence-electron chi connectivity index (χ4n) is 5.11. The lowest BCUT2D eigenvalue weighted by Gasteiger charge is -2.25. The Morgan fingerprint density at radius 2 is 2.03 bits per heavy atom. The number of amides is 2. The van der Waals surface area contributed by atoms with Crippen LogP contribution in [0.2, 0.25) is 0 Å². The molecule has 192 valence electrons. The van der Waals surface area contributed by atoms with Gasteiger partial charge in [-0.05, 0) is 36.8 Å². The SMILES string of the molecule is COc1ccc2nccc(N3CCCN(C[C@@H]4CN(c5ccc6c(c5)NC(=O)CO6)C(=O)O4)CC3)c2n1. The van der Waals surface area contributed by atoms with Gasteiger partial charge in [0, 0.05) is 50.7 Å². The lowest BCUT2D eigenvalue weighted by Crippen LogP contribution is -2.37. The molecule has 3 aromatic rings. The van der Waals surface area contributed by atoms with Gasteiger partial charge in [0.1, 0.15) is 17.4 Å². The molecule has 11 nitrogen and oxygen atoms in total. The fourth-order valence-corrected chi connectivity index (χ4v) is 5.11. The van der Waals surface area contributed by atoms with Gasteiger partial charge in [-0.3, -0.25) is 19.6 Å². The number of hydrogen-bond acceptors (Lipinski definition) is 9. The van der Waals surface area contributed by atoms with Gasteiger partial charge in [-0.15, -0.1) is 0 Å². The zero-order valence-electron chi connectivity index (χ0n) is 20.6. The molecule has 0 unspecified atom stereocenters. The minimum atomic E-state index is -0.382. The predicted octanol–water partition coefficient (Wildman–Crippen LogP) is 2.51. The highest BCUT2D eigenvalue weighted by atomic mass is 16.6. The third-order valence-corrected chi connectivity index (χ3v) is 6.92. The molecule has 0 radical (unpaired) electrons. The standard InChI is InChI=1S/C26H28N6O5/c1-35-24-6-4-19-25(29-24)21(7-8-27-19)31-10-2-9-30(11-12-31)14-18-15-32(26(34)37-18)17-3-5-22-20(13-17)28-23(33)16-36-22/h3-8,13,18H,2,9-12,14-16H2,1H3,(H,28,33)/t18-/m1/s1. The van der Waals surface area contributed by atoms with E-state index in [-0.39, 0.29) is 24.7 Å². The molecule has 2 amide bonds. The highest BCUT2D eigenvalue weighted by Gasteiger charge is 2.34. The Bertz CT molecular complexity index is 1350. The summed E-state index contributed by atoms with van der Waals surface area (Å²) in [7, 11) is 1.61. The van der Waals surface area contributed by atoms with Crippen molar-refractivity contribution in [1.82, 2.24) is 14.9 Å². The maximum absolute atomic E-state index is 12.7. The number of carbonyl (C=O) groups excluding carboxylic acids is 2. The van der Waals surface area contributed by atoms with E-state index in [4.69, 9.17) is 14.2 Å². The Balaban J connectivity index is 1.11. The first-order chi connectivity index (χ1) is 18.1. The summed E-state index contributed by atoms with van der Waals surface area (Å²) in [6.45, 7) is 4.57. The number of carbonyl (C=O) groups is 2. The molecular weight excluding hydrogens is 476 g/mol. The molecule has 1 atom stereocenters. The van der Waals surface area contributed by atoms with Crippen molar-refractivity contribution in [3.8, 4) is 11.6 Å². The monoisotopic (exact) mass is 504 g/mol. The van der Waals surface area contributed by atoms with Crippen molar-refractivity contribution in [3.63, 3.8) is 0 Å². The lowest BCUT2D eigenvalue weighted by molar-refractivity contribution is -0.118. The largest absolute Gasteiger partial charge is 0.482 e. The zero-order chi connectivity index (χ0) is 25.4. The van der Waals surface area contributed by atoms with Crippen molar-refractivity contribution in [2.45, 2.75) is 12.5 Å². The molecule has 0 aliphatic carbocycles. The molecule has 5 heterocycles. The molecule has 2 aromatic heterocycles. The number of ether oxygens (including phenoxy) is 3. The van der Waals surface area contributed by atoms with Gasteiger partial charge in [-0.25, -0.2) is 9.78 Å². The average molecular weight is 505 g/mol. The van der Waals surface area contributed by atoms with Crippen LogP contribution in [-0.2, 0) is 9.53 Å². The summed E-state index contributed by atoms with van der Waals surface area (Å²) < 4.78 is 16.5. The van der Waals surface area contributed by atoms with Gasteiger partial charge in [-0.1, -0.05) is 0 Å². The first-order valence-corrected chi connectivity index (χ1v) is 12.4. The Hall–Kier alpha value is -4.12. The summed E-state index contributed by atoms with van der Waals surface area (Å²) in [5, 5.41) is 2.79. The Labute approximate surface area is 213 Å². The average Bonchev–Trinajstić information content (AvgIpc) is 3.12. The van der Waals surface area contributed by atoms with Crippen LogP contribution in [0.5, 0.6) is 11.6 Å². The number of methoxy groups -OCH3 is 1. The van der Waals surface area contributed by atoms with Crippen LogP contribution in [0.1, 0.15) is 6.42 Å². The molecule has 6 rings (SSSR count). The van der Waals surface area contributed by atoms with Gasteiger partial charge in [0.2, 0.25) is 5.88 Å². The molecule has 2 fully saturated rings. The van der Waals surface area contributed by atoms with E-state index >= 15 is 0 Å². The molecule has 0 saturated carbocycles. The van der Waals surface area contributed by atoms with E-state index in [0.29, 0.717) is 36.1 Å². The topological polar surface area (TPSA) is 109 Å². The molecule has 1 aromatic carbocycles. The summed E-state index contributed by atoms with van der Waals surface area (Å²) >= 11 is 0. The number of nitrogens with zero attached hydrogens (tertiary/aromatic N) is 5. The fraction of sp³-hybridized carbons (Fsp3) is 0.385. The van der Waals surface area contributed by atoms with Crippen LogP contribution in [0.3, 0.4) is 0 Å². The number of cyclic esters (lactones) is 1. The number of pyridine rings is 2. The first kappa shape index (κ1) is 23.3. The van der Waals surface area contributed by atoms with Crippen LogP contribution in [0.4, 0.5) is 21.9 Å². The van der Waals surface area contributed by atoms with E-state index in [1.54, 1.807) is 24.1 Å². The second-order valence-corrected chi connectivity index (χ2v) is 9.33. The molecular formula is C26H28N6O5. The number of anilines is 3. The summed E-state index contributed by atoms with van der Waals surface area (Å²) in [5.41, 5.74) is 3.96. The minimum Gasteiger partial charge on any atom is -0.482 e. The first-order valence-electron chi connectivity index (χ1n) is 12.4. The Kier molecular flexibility index (Phi) is 6.13. The van der Waals surface area contributed by atoms with Crippen LogP contribution in [-0.4, -0.2) is 86.0 Å². The molecule has 2 saturated heterocycles. The number of fused-ring (bicyclic) bond motifs is 2. The van der Waals surface area contributed by atoms with E-state index in [1.165, 1.54) is 0 Å². The van der Waals surface area contributed by atoms with Crippen molar-refractivity contribution in [3.05, 3.63) is 42.6 Å². The van der Waals surface area contributed by atoms with Crippen molar-refractivity contribution < 1.29 is 23.8 Å². The third-order valence-electron chi connectivity index (χ3n) is 6.92. The number of rotatable bonds is 5. The van der Waals surface area contributed by atoms with Gasteiger partial charge in [0.05, 0.1) is 30.5 Å². The van der Waals surface area contributed by atoms with Gasteiger partial charge >= 0.3 is 6.09 Å². The highest BCUT2D eigenvalue weighted by molar-refractivity contribution is 5.97. The summed E-state index contributed by atoms with van der Waals surface area (Å²) in [5.74, 6) is 0.952. The number of nitrogens with one attached hydrogen (secondary N) is 1. The molecule has 1 N–H and O–H groups in total. The van der Waals surface area contributed by atoms with E-state index in [9.17, 15) is 9.59 Å². The third kappa shape index (κ3) is 4.69. The van der Waals surface area contributed by atoms with Gasteiger partial charge in [0.15, 0.2) is 6.61 Å². The second-order valence-electron chi connectivity index (χ2n) is 9.33. The van der Waals surface area contributed by atoms with E-state index in [0.717, 1.165) is 49.3 Å². The quantitative estimate of drug-likeness (QED) is 0.561. The molecule has 3 aliphatic heterocycles. The maximum Gasteiger partial charge on any atom is 0.414 e. The smallest absolute Gasteiger partial charge is 0.414 e. The minimum absolute atomic E-state index is 0.00443. The lowest BCUT2D eigenvalue weighted by atomic mass is 10.2. The predicted molar refractivity (Wildman–Crippen MR) is 138 cm³/mol. The van der Waals surface area contributed by atoms with Gasteiger partial charge < -0.3 is 24.4 Å². The Morgan fingerprint density at radius 1 is 1.11 bits per heavy atom. The molecule has 11 heteroatoms. The second kappa shape index (κ2) is 9.74. The van der Waals surface area contributed by atoms with Crippen molar-refractivity contribution in [1.29, 1.82) is 0 Å². The Morgan fingerprint density at radius 3 is 2.92 bits per heavy atom. The van der Waals surface area contributed by atoms with E-state index < -0.39 is 0 Å². The number of benzene rings is 1. The van der Waals surface area contributed by atoms with Crippen LogP contribution in [0, 0.1) is 0 Å². The maximum atomic E-state index is 12.7. The van der Waals surface area contributed by atoms with Gasteiger partial charge in [0.25, 0.3) is 5.91 Å². The summed E-state index contributed by atoms with van der Waals surface area (Å²) in [4.78, 5) is 39.7. The zero-order valence-corrected chi connectivity index (χ0v) is 20.6. The van der Waals surface area contributed by atoms with Crippen LogP contribution in [0.25, 0.3) is 11.0 Å². The summed E-state index contributed by atoms with van der Waals surface area (Å²) in [6, 6.07) is 11.1. The highest BCUT2D eigenvalue weighted by Crippen LogP contribution is 2.34. The summed E-state index contributed by atoms with van der Waals surface area (Å²) in [6.07, 6.45) is 2.17. The van der Waals surface area contributed by atoms with Crippen molar-refractivity contribution >= 4 is 40.1 Å². The van der Waals surface area contributed by atoms with Crippen LogP contribution in [0.15, 0.2) is 42.6 Å². The van der Waals surface area contributed by atoms with Crippen molar-refractivity contribution in [2.24, 2.45) is 0 Å².